The minimum atomic E-state index is -0.502. The number of hydrogen-bond donors (Lipinski definition) is 1. The van der Waals surface area contributed by atoms with Crippen molar-refractivity contribution in [2.24, 2.45) is 4.99 Å². The van der Waals surface area contributed by atoms with Crippen LogP contribution in [-0.2, 0) is 16.0 Å². The first-order valence-corrected chi connectivity index (χ1v) is 12.9. The lowest BCUT2D eigenvalue weighted by Gasteiger charge is -2.13. The number of aryl methyl sites for hydroxylation is 2. The molecule has 0 radical (unpaired) electrons. The number of rotatable bonds is 7. The zero-order chi connectivity index (χ0) is 25.2. The Kier molecular flexibility index (Phi) is 6.65. The maximum absolute atomic E-state index is 12.5. The summed E-state index contributed by atoms with van der Waals surface area (Å²) in [5, 5.41) is 13.2. The van der Waals surface area contributed by atoms with Gasteiger partial charge in [0, 0.05) is 27.9 Å². The van der Waals surface area contributed by atoms with Crippen molar-refractivity contribution in [2.75, 3.05) is 11.9 Å². The number of hydrogen-bond acceptors (Lipinski definition) is 8. The van der Waals surface area contributed by atoms with E-state index in [1.165, 1.54) is 10.4 Å². The maximum Gasteiger partial charge on any atom is 0.308 e. The summed E-state index contributed by atoms with van der Waals surface area (Å²) in [7, 11) is 0. The molecule has 0 fully saturated rings. The molecular weight excluding hydrogens is 472 g/mol. The van der Waals surface area contributed by atoms with Crippen LogP contribution in [0.25, 0.3) is 5.00 Å². The summed E-state index contributed by atoms with van der Waals surface area (Å²) in [6.45, 7) is 8.38. The molecule has 1 aromatic carbocycles. The molecule has 1 N–H and O–H groups in total. The number of aromatic nitrogens is 4. The van der Waals surface area contributed by atoms with Gasteiger partial charge in [-0.25, -0.2) is 0 Å². The predicted molar refractivity (Wildman–Crippen MR) is 142 cm³/mol. The summed E-state index contributed by atoms with van der Waals surface area (Å²) in [6, 6.07) is 11.6. The molecule has 0 saturated heterocycles. The summed E-state index contributed by atoms with van der Waals surface area (Å²) < 4.78 is 7.32. The van der Waals surface area contributed by atoms with Crippen LogP contribution in [0.1, 0.15) is 59.5 Å². The summed E-state index contributed by atoms with van der Waals surface area (Å²) in [5.41, 5.74) is 5.97. The van der Waals surface area contributed by atoms with Gasteiger partial charge in [0.25, 0.3) is 0 Å². The second-order valence-corrected chi connectivity index (χ2v) is 9.66. The Bertz CT molecular complexity index is 1420. The molecule has 0 amide bonds. The van der Waals surface area contributed by atoms with Crippen LogP contribution < -0.4 is 5.32 Å². The van der Waals surface area contributed by atoms with Crippen LogP contribution in [0.15, 0.2) is 53.8 Å². The van der Waals surface area contributed by atoms with Crippen LogP contribution in [0.3, 0.4) is 0 Å². The van der Waals surface area contributed by atoms with Gasteiger partial charge >= 0.3 is 5.97 Å². The summed E-state index contributed by atoms with van der Waals surface area (Å²) in [4.78, 5) is 23.1. The van der Waals surface area contributed by atoms with Crippen LogP contribution in [0.5, 0.6) is 0 Å². The molecule has 8 nitrogen and oxygen atoms in total. The number of carbonyl (C=O) groups excluding carboxylic acids is 1. The van der Waals surface area contributed by atoms with E-state index in [2.05, 4.69) is 51.0 Å². The number of aliphatic imine (C=N–C) groups is 1. The van der Waals surface area contributed by atoms with Gasteiger partial charge < -0.3 is 10.1 Å². The summed E-state index contributed by atoms with van der Waals surface area (Å²) >= 11 is 1.74. The molecule has 9 heteroatoms. The SMILES string of the molecule is CCOC(=O)CC1N=C(c2ccc(Nc3cccnc3)cc2)c2c(sc(CC)c2C)-n2c(C)nnc21. The van der Waals surface area contributed by atoms with Crippen molar-refractivity contribution in [3.05, 3.63) is 82.0 Å². The Morgan fingerprint density at radius 3 is 2.61 bits per heavy atom. The Balaban J connectivity index is 1.62. The van der Waals surface area contributed by atoms with E-state index in [-0.39, 0.29) is 12.4 Å². The molecule has 36 heavy (non-hydrogen) atoms. The van der Waals surface area contributed by atoms with Gasteiger partial charge in [-0.2, -0.15) is 0 Å². The topological polar surface area (TPSA) is 94.3 Å². The number of pyridine rings is 1. The molecule has 0 aliphatic carbocycles. The molecule has 5 rings (SSSR count). The molecule has 0 bridgehead atoms. The van der Waals surface area contributed by atoms with E-state index >= 15 is 0 Å². The van der Waals surface area contributed by atoms with E-state index in [0.29, 0.717) is 12.4 Å². The lowest BCUT2D eigenvalue weighted by molar-refractivity contribution is -0.143. The van der Waals surface area contributed by atoms with Gasteiger partial charge in [0.15, 0.2) is 5.82 Å². The van der Waals surface area contributed by atoms with Crippen molar-refractivity contribution in [1.29, 1.82) is 0 Å². The van der Waals surface area contributed by atoms with Crippen LogP contribution in [0, 0.1) is 13.8 Å². The van der Waals surface area contributed by atoms with Crippen molar-refractivity contribution in [3.8, 4) is 5.00 Å². The number of nitrogens with one attached hydrogen (secondary N) is 1. The fourth-order valence-corrected chi connectivity index (χ4v) is 5.79. The first kappa shape index (κ1) is 23.9. The van der Waals surface area contributed by atoms with Gasteiger partial charge in [-0.15, -0.1) is 21.5 Å². The monoisotopic (exact) mass is 500 g/mol. The van der Waals surface area contributed by atoms with Gasteiger partial charge in [-0.05, 0) is 57.0 Å². The van der Waals surface area contributed by atoms with Crippen LogP contribution in [-0.4, -0.2) is 38.0 Å². The lowest BCUT2D eigenvalue weighted by Crippen LogP contribution is -2.13. The van der Waals surface area contributed by atoms with Crippen molar-refractivity contribution in [2.45, 2.75) is 46.6 Å². The van der Waals surface area contributed by atoms with Crippen molar-refractivity contribution in [3.63, 3.8) is 0 Å². The van der Waals surface area contributed by atoms with Crippen LogP contribution in [0.4, 0.5) is 11.4 Å². The Morgan fingerprint density at radius 2 is 1.92 bits per heavy atom. The molecule has 1 unspecified atom stereocenters. The number of nitrogens with zero attached hydrogens (tertiary/aromatic N) is 5. The van der Waals surface area contributed by atoms with E-state index < -0.39 is 6.04 Å². The first-order chi connectivity index (χ1) is 17.5. The lowest BCUT2D eigenvalue weighted by atomic mass is 9.98. The molecule has 184 valence electrons. The van der Waals surface area contributed by atoms with E-state index in [0.717, 1.165) is 45.5 Å². The van der Waals surface area contributed by atoms with Gasteiger partial charge in [0.1, 0.15) is 16.9 Å². The average Bonchev–Trinajstić information content (AvgIpc) is 3.38. The highest BCUT2D eigenvalue weighted by molar-refractivity contribution is 7.15. The summed E-state index contributed by atoms with van der Waals surface area (Å²) in [5.74, 6) is 1.14. The van der Waals surface area contributed by atoms with Gasteiger partial charge in [-0.1, -0.05) is 19.1 Å². The molecule has 3 aromatic heterocycles. The van der Waals surface area contributed by atoms with Crippen molar-refractivity contribution >= 4 is 34.4 Å². The third-order valence-electron chi connectivity index (χ3n) is 6.19. The fraction of sp³-hybridized carbons (Fsp3) is 0.296. The molecule has 0 saturated carbocycles. The largest absolute Gasteiger partial charge is 0.466 e. The number of ether oxygens (including phenoxy) is 1. The zero-order valence-electron chi connectivity index (χ0n) is 20.8. The second kappa shape index (κ2) is 10.0. The van der Waals surface area contributed by atoms with Crippen molar-refractivity contribution in [1.82, 2.24) is 19.7 Å². The van der Waals surface area contributed by atoms with Crippen molar-refractivity contribution < 1.29 is 9.53 Å². The maximum atomic E-state index is 12.5. The Morgan fingerprint density at radius 1 is 1.11 bits per heavy atom. The predicted octanol–water partition coefficient (Wildman–Crippen LogP) is 5.49. The molecule has 1 aliphatic heterocycles. The standard InChI is InChI=1S/C27H28N6O2S/c1-5-22-16(3)24-25(18-9-11-19(12-10-18)29-20-8-7-13-28-15-20)30-21(14-23(34)35-6-2)26-32-31-17(4)33(26)27(24)36-22/h7-13,15,21,29H,5-6,14H2,1-4H3. The average molecular weight is 501 g/mol. The third-order valence-corrected chi connectivity index (χ3v) is 7.62. The van der Waals surface area contributed by atoms with E-state index in [1.54, 1.807) is 30.7 Å². The molecule has 4 aromatic rings. The number of benzene rings is 1. The number of carbonyl (C=O) groups is 1. The smallest absolute Gasteiger partial charge is 0.308 e. The first-order valence-electron chi connectivity index (χ1n) is 12.1. The van der Waals surface area contributed by atoms with Gasteiger partial charge in [-0.3, -0.25) is 19.3 Å². The number of anilines is 2. The Hall–Kier alpha value is -3.85. The Labute approximate surface area is 214 Å². The van der Waals surface area contributed by atoms with Crippen LogP contribution in [0.2, 0.25) is 0 Å². The van der Waals surface area contributed by atoms with E-state index in [9.17, 15) is 4.79 Å². The molecule has 4 heterocycles. The number of esters is 1. The summed E-state index contributed by atoms with van der Waals surface area (Å²) in [6.07, 6.45) is 4.56. The second-order valence-electron chi connectivity index (χ2n) is 8.57. The quantitative estimate of drug-likeness (QED) is 0.337. The normalized spacial score (nSPS) is 14.4. The minimum Gasteiger partial charge on any atom is -0.466 e. The highest BCUT2D eigenvalue weighted by Gasteiger charge is 2.32. The molecule has 0 spiro atoms. The zero-order valence-corrected chi connectivity index (χ0v) is 21.6. The molecular formula is C27H28N6O2S. The minimum absolute atomic E-state index is 0.102. The van der Waals surface area contributed by atoms with E-state index in [4.69, 9.17) is 9.73 Å². The van der Waals surface area contributed by atoms with Crippen LogP contribution >= 0.6 is 11.3 Å². The molecule has 1 aliphatic rings. The third kappa shape index (κ3) is 4.42. The van der Waals surface area contributed by atoms with Gasteiger partial charge in [0.2, 0.25) is 0 Å². The van der Waals surface area contributed by atoms with Gasteiger partial charge in [0.05, 0.1) is 30.6 Å². The number of thiophene rings is 1. The highest BCUT2D eigenvalue weighted by Crippen LogP contribution is 2.40. The highest BCUT2D eigenvalue weighted by atomic mass is 32.1. The molecule has 1 atom stereocenters. The van der Waals surface area contributed by atoms with E-state index in [1.807, 2.05) is 31.2 Å². The fourth-order valence-electron chi connectivity index (χ4n) is 4.49. The number of fused-ring (bicyclic) bond motifs is 3.